The van der Waals surface area contributed by atoms with Crippen molar-refractivity contribution in [3.05, 3.63) is 0 Å². The molecule has 0 saturated heterocycles. The van der Waals surface area contributed by atoms with Crippen molar-refractivity contribution in [2.45, 2.75) is 33.6 Å². The maximum absolute atomic E-state index is 11.3. The smallest absolute Gasteiger partial charge is 0.308 e. The summed E-state index contributed by atoms with van der Waals surface area (Å²) in [6.07, 6.45) is 2.03. The Morgan fingerprint density at radius 3 is 2.25 bits per heavy atom. The van der Waals surface area contributed by atoms with Gasteiger partial charge >= 0.3 is 5.97 Å². The van der Waals surface area contributed by atoms with Gasteiger partial charge in [-0.15, -0.1) is 0 Å². The predicted octanol–water partition coefficient (Wildman–Crippen LogP) is 2.23. The molecule has 1 fully saturated rings. The van der Waals surface area contributed by atoms with Gasteiger partial charge < -0.3 is 4.74 Å². The molecule has 0 aromatic heterocycles. The van der Waals surface area contributed by atoms with E-state index in [9.17, 15) is 4.79 Å². The second-order valence-electron chi connectivity index (χ2n) is 3.87. The summed E-state index contributed by atoms with van der Waals surface area (Å²) in [5.74, 6) is 1.54. The first-order valence-corrected chi connectivity index (χ1v) is 4.81. The fourth-order valence-corrected chi connectivity index (χ4v) is 1.91. The summed E-state index contributed by atoms with van der Waals surface area (Å²) in [5, 5.41) is 0. The van der Waals surface area contributed by atoms with E-state index < -0.39 is 0 Å². The van der Waals surface area contributed by atoms with Crippen molar-refractivity contribution < 1.29 is 9.53 Å². The first kappa shape index (κ1) is 9.56. The van der Waals surface area contributed by atoms with Gasteiger partial charge in [0.1, 0.15) is 0 Å². The number of hydrogen-bond donors (Lipinski definition) is 0. The second kappa shape index (κ2) is 3.92. The van der Waals surface area contributed by atoms with Crippen LogP contribution in [-0.4, -0.2) is 12.6 Å². The van der Waals surface area contributed by atoms with Crippen molar-refractivity contribution in [2.24, 2.45) is 17.8 Å². The molecular formula is C10H18O2. The molecule has 2 heteroatoms. The summed E-state index contributed by atoms with van der Waals surface area (Å²) in [7, 11) is 0. The third kappa shape index (κ3) is 1.99. The maximum atomic E-state index is 11.3. The quantitative estimate of drug-likeness (QED) is 0.594. The number of hydrogen-bond acceptors (Lipinski definition) is 2. The maximum Gasteiger partial charge on any atom is 0.308 e. The van der Waals surface area contributed by atoms with Gasteiger partial charge in [-0.3, -0.25) is 4.79 Å². The average molecular weight is 170 g/mol. The van der Waals surface area contributed by atoms with E-state index in [1.165, 1.54) is 0 Å². The number of carbonyl (C=O) groups excluding carboxylic acids is 1. The molecule has 0 heterocycles. The van der Waals surface area contributed by atoms with Crippen molar-refractivity contribution in [1.82, 2.24) is 0 Å². The minimum Gasteiger partial charge on any atom is -0.466 e. The lowest BCUT2D eigenvalue weighted by Crippen LogP contribution is -2.14. The Kier molecular flexibility index (Phi) is 3.12. The third-order valence-corrected chi connectivity index (χ3v) is 2.90. The molecule has 0 radical (unpaired) electrons. The fourth-order valence-electron chi connectivity index (χ4n) is 1.91. The van der Waals surface area contributed by atoms with Crippen LogP contribution in [0.3, 0.4) is 0 Å². The van der Waals surface area contributed by atoms with Gasteiger partial charge in [0.15, 0.2) is 0 Å². The number of rotatable bonds is 2. The first-order chi connectivity index (χ1) is 5.65. The Hall–Kier alpha value is -0.530. The summed E-state index contributed by atoms with van der Waals surface area (Å²) in [4.78, 5) is 11.3. The van der Waals surface area contributed by atoms with Crippen LogP contribution in [-0.2, 0) is 9.53 Å². The molecule has 0 aromatic carbocycles. The lowest BCUT2D eigenvalue weighted by atomic mass is 10.0. The molecule has 3 atom stereocenters. The van der Waals surface area contributed by atoms with Crippen LogP contribution in [0, 0.1) is 17.8 Å². The zero-order valence-electron chi connectivity index (χ0n) is 8.17. The highest BCUT2D eigenvalue weighted by molar-refractivity contribution is 5.72. The van der Waals surface area contributed by atoms with E-state index in [2.05, 4.69) is 13.8 Å². The predicted molar refractivity (Wildman–Crippen MR) is 47.7 cm³/mol. The fraction of sp³-hybridized carbons (Fsp3) is 0.900. The monoisotopic (exact) mass is 170 g/mol. The van der Waals surface area contributed by atoms with Crippen molar-refractivity contribution >= 4 is 5.97 Å². The highest BCUT2D eigenvalue weighted by Gasteiger charge is 2.33. The Morgan fingerprint density at radius 1 is 1.33 bits per heavy atom. The standard InChI is InChI=1S/C10H18O2/c1-4-12-10(11)9-5-7(2)8(3)6-9/h7-9H,4-6H2,1-3H3/t7-,8+,9?. The molecule has 1 rings (SSSR count). The van der Waals surface area contributed by atoms with Crippen molar-refractivity contribution in [3.8, 4) is 0 Å². The number of carbonyl (C=O) groups is 1. The molecule has 2 nitrogen and oxygen atoms in total. The minimum absolute atomic E-state index is 0.00806. The third-order valence-electron chi connectivity index (χ3n) is 2.90. The second-order valence-corrected chi connectivity index (χ2v) is 3.87. The van der Waals surface area contributed by atoms with Crippen LogP contribution in [0.2, 0.25) is 0 Å². The summed E-state index contributed by atoms with van der Waals surface area (Å²) in [6, 6.07) is 0. The van der Waals surface area contributed by atoms with Crippen LogP contribution in [0.25, 0.3) is 0 Å². The molecule has 0 bridgehead atoms. The van der Waals surface area contributed by atoms with Gasteiger partial charge in [-0.05, 0) is 31.6 Å². The zero-order chi connectivity index (χ0) is 9.14. The molecular weight excluding hydrogens is 152 g/mol. The lowest BCUT2D eigenvalue weighted by molar-refractivity contribution is -0.147. The molecule has 12 heavy (non-hydrogen) atoms. The van der Waals surface area contributed by atoms with Crippen LogP contribution in [0.15, 0.2) is 0 Å². The van der Waals surface area contributed by atoms with Crippen molar-refractivity contribution in [3.63, 3.8) is 0 Å². The van der Waals surface area contributed by atoms with E-state index in [1.54, 1.807) is 0 Å². The van der Waals surface area contributed by atoms with Gasteiger partial charge in [0.05, 0.1) is 12.5 Å². The highest BCUT2D eigenvalue weighted by atomic mass is 16.5. The minimum atomic E-state index is 0.00806. The number of ether oxygens (including phenoxy) is 1. The van der Waals surface area contributed by atoms with Gasteiger partial charge in [0.2, 0.25) is 0 Å². The van der Waals surface area contributed by atoms with Crippen LogP contribution < -0.4 is 0 Å². The molecule has 1 aliphatic rings. The first-order valence-electron chi connectivity index (χ1n) is 4.81. The molecule has 0 N–H and O–H groups in total. The Labute approximate surface area is 74.3 Å². The molecule has 1 aliphatic carbocycles. The summed E-state index contributed by atoms with van der Waals surface area (Å²) in [6.45, 7) is 6.80. The average Bonchev–Trinajstić information content (AvgIpc) is 2.33. The van der Waals surface area contributed by atoms with Crippen LogP contribution in [0.5, 0.6) is 0 Å². The topological polar surface area (TPSA) is 26.3 Å². The van der Waals surface area contributed by atoms with Gasteiger partial charge in [-0.1, -0.05) is 13.8 Å². The van der Waals surface area contributed by atoms with E-state index in [1.807, 2.05) is 6.92 Å². The van der Waals surface area contributed by atoms with Crippen molar-refractivity contribution in [2.75, 3.05) is 6.61 Å². The molecule has 70 valence electrons. The normalized spacial score (nSPS) is 35.1. The van der Waals surface area contributed by atoms with E-state index in [4.69, 9.17) is 4.74 Å². The summed E-state index contributed by atoms with van der Waals surface area (Å²) < 4.78 is 4.98. The van der Waals surface area contributed by atoms with Crippen LogP contribution in [0.1, 0.15) is 33.6 Å². The largest absolute Gasteiger partial charge is 0.466 e. The van der Waals surface area contributed by atoms with E-state index in [-0.39, 0.29) is 11.9 Å². The van der Waals surface area contributed by atoms with Gasteiger partial charge in [0, 0.05) is 0 Å². The molecule has 1 saturated carbocycles. The molecule has 0 spiro atoms. The number of esters is 1. The van der Waals surface area contributed by atoms with E-state index in [0.29, 0.717) is 18.4 Å². The Bertz CT molecular complexity index is 155. The zero-order valence-corrected chi connectivity index (χ0v) is 8.17. The molecule has 0 aromatic rings. The lowest BCUT2D eigenvalue weighted by Gasteiger charge is -2.07. The van der Waals surface area contributed by atoms with E-state index in [0.717, 1.165) is 12.8 Å². The molecule has 0 aliphatic heterocycles. The van der Waals surface area contributed by atoms with Gasteiger partial charge in [0.25, 0.3) is 0 Å². The molecule has 0 amide bonds. The van der Waals surface area contributed by atoms with Crippen LogP contribution in [0.4, 0.5) is 0 Å². The van der Waals surface area contributed by atoms with Crippen LogP contribution >= 0.6 is 0 Å². The van der Waals surface area contributed by atoms with E-state index >= 15 is 0 Å². The molecule has 1 unspecified atom stereocenters. The highest BCUT2D eigenvalue weighted by Crippen LogP contribution is 2.36. The summed E-state index contributed by atoms with van der Waals surface area (Å²) in [5.41, 5.74) is 0. The Morgan fingerprint density at radius 2 is 1.83 bits per heavy atom. The Balaban J connectivity index is 2.40. The summed E-state index contributed by atoms with van der Waals surface area (Å²) >= 11 is 0. The SMILES string of the molecule is CCOC(=O)C1C[C@@H](C)[C@@H](C)C1. The van der Waals surface area contributed by atoms with Gasteiger partial charge in [-0.2, -0.15) is 0 Å². The van der Waals surface area contributed by atoms with Crippen molar-refractivity contribution in [1.29, 1.82) is 0 Å². The van der Waals surface area contributed by atoms with Gasteiger partial charge in [-0.25, -0.2) is 0 Å².